The van der Waals surface area contributed by atoms with Crippen LogP contribution in [-0.2, 0) is 16.8 Å². The van der Waals surface area contributed by atoms with Crippen LogP contribution in [-0.4, -0.2) is 33.7 Å². The summed E-state index contributed by atoms with van der Waals surface area (Å²) >= 11 is 0. The minimum Gasteiger partial charge on any atom is -0.341 e. The van der Waals surface area contributed by atoms with Crippen LogP contribution in [0.1, 0.15) is 42.9 Å². The number of carbonyl (C=O) groups is 1. The van der Waals surface area contributed by atoms with Crippen molar-refractivity contribution in [2.24, 2.45) is 5.92 Å². The third-order valence-electron chi connectivity index (χ3n) is 6.04. The van der Waals surface area contributed by atoms with Crippen LogP contribution in [0.4, 0.5) is 0 Å². The molecule has 2 aliphatic carbocycles. The molecule has 2 heterocycles. The van der Waals surface area contributed by atoms with Crippen molar-refractivity contribution in [3.8, 4) is 0 Å². The van der Waals surface area contributed by atoms with Gasteiger partial charge in [-0.05, 0) is 37.3 Å². The van der Waals surface area contributed by atoms with Crippen LogP contribution in [0.2, 0.25) is 0 Å². The van der Waals surface area contributed by atoms with Crippen molar-refractivity contribution in [3.05, 3.63) is 64.1 Å². The molecule has 2 saturated carbocycles. The number of likely N-dealkylation sites (tertiary alicyclic amines) is 1. The summed E-state index contributed by atoms with van der Waals surface area (Å²) in [4.78, 5) is 27.0. The summed E-state index contributed by atoms with van der Waals surface area (Å²) in [6.45, 7) is 2.08. The van der Waals surface area contributed by atoms with E-state index in [4.69, 9.17) is 0 Å². The highest BCUT2D eigenvalue weighted by atomic mass is 16.2. The second-order valence-corrected chi connectivity index (χ2v) is 8.08. The fourth-order valence-corrected chi connectivity index (χ4v) is 4.10. The van der Waals surface area contributed by atoms with E-state index in [1.54, 1.807) is 10.7 Å². The van der Waals surface area contributed by atoms with E-state index in [0.29, 0.717) is 18.4 Å². The van der Waals surface area contributed by atoms with Gasteiger partial charge in [0.15, 0.2) is 0 Å². The summed E-state index contributed by atoms with van der Waals surface area (Å²) in [6.07, 6.45) is 4.25. The summed E-state index contributed by atoms with van der Waals surface area (Å²) in [5, 5.41) is 4.54. The highest BCUT2D eigenvalue weighted by Gasteiger charge is 2.54. The van der Waals surface area contributed by atoms with Crippen LogP contribution in [0.25, 0.3) is 0 Å². The molecular formula is C21H23N3O2. The van der Waals surface area contributed by atoms with Crippen LogP contribution < -0.4 is 5.56 Å². The number of rotatable bonds is 5. The Bertz CT molecular complexity index is 891. The van der Waals surface area contributed by atoms with Crippen LogP contribution in [0.3, 0.4) is 0 Å². The second kappa shape index (κ2) is 5.79. The number of nitrogens with zero attached hydrogens (tertiary/aromatic N) is 3. The SMILES string of the molecule is O=C(N1CC(Cn2nc(C3CC3)ccc2=O)C1)C1(c2ccccc2)CC1. The first-order valence-electron chi connectivity index (χ1n) is 9.59. The Hall–Kier alpha value is -2.43. The van der Waals surface area contributed by atoms with Gasteiger partial charge in [-0.2, -0.15) is 5.10 Å². The van der Waals surface area contributed by atoms with Gasteiger partial charge in [-0.25, -0.2) is 4.68 Å². The van der Waals surface area contributed by atoms with Gasteiger partial charge < -0.3 is 4.90 Å². The molecule has 0 bridgehead atoms. The summed E-state index contributed by atoms with van der Waals surface area (Å²) in [7, 11) is 0. The number of hydrogen-bond donors (Lipinski definition) is 0. The highest BCUT2D eigenvalue weighted by Crippen LogP contribution is 2.50. The average molecular weight is 349 g/mol. The first kappa shape index (κ1) is 15.8. The van der Waals surface area contributed by atoms with Gasteiger partial charge in [0.1, 0.15) is 0 Å². The number of benzene rings is 1. The third-order valence-corrected chi connectivity index (χ3v) is 6.04. The first-order chi connectivity index (χ1) is 12.7. The number of aromatic nitrogens is 2. The quantitative estimate of drug-likeness (QED) is 0.832. The molecule has 1 amide bonds. The molecule has 1 aromatic carbocycles. The lowest BCUT2D eigenvalue weighted by Gasteiger charge is -2.41. The fraction of sp³-hybridized carbons (Fsp3) is 0.476. The summed E-state index contributed by atoms with van der Waals surface area (Å²) in [6, 6.07) is 13.6. The zero-order valence-corrected chi connectivity index (χ0v) is 14.8. The van der Waals surface area contributed by atoms with Crippen molar-refractivity contribution < 1.29 is 4.79 Å². The van der Waals surface area contributed by atoms with Gasteiger partial charge in [-0.15, -0.1) is 0 Å². The number of hydrogen-bond acceptors (Lipinski definition) is 3. The molecule has 1 saturated heterocycles. The predicted molar refractivity (Wildman–Crippen MR) is 97.9 cm³/mol. The molecule has 5 nitrogen and oxygen atoms in total. The van der Waals surface area contributed by atoms with Gasteiger partial charge in [0.05, 0.1) is 17.7 Å². The molecule has 2 aromatic rings. The molecule has 0 unspecified atom stereocenters. The van der Waals surface area contributed by atoms with Crippen LogP contribution in [0.15, 0.2) is 47.3 Å². The lowest BCUT2D eigenvalue weighted by Crippen LogP contribution is -2.55. The normalized spacial score (nSPS) is 21.3. The zero-order chi connectivity index (χ0) is 17.7. The van der Waals surface area contributed by atoms with Crippen molar-refractivity contribution in [3.63, 3.8) is 0 Å². The van der Waals surface area contributed by atoms with E-state index in [9.17, 15) is 9.59 Å². The van der Waals surface area contributed by atoms with E-state index in [-0.39, 0.29) is 16.9 Å². The van der Waals surface area contributed by atoms with Crippen molar-refractivity contribution in [1.82, 2.24) is 14.7 Å². The molecule has 0 radical (unpaired) electrons. The molecule has 0 N–H and O–H groups in total. The molecule has 5 heteroatoms. The molecular weight excluding hydrogens is 326 g/mol. The Morgan fingerprint density at radius 1 is 1.08 bits per heavy atom. The third kappa shape index (κ3) is 2.66. The fourth-order valence-electron chi connectivity index (χ4n) is 4.10. The van der Waals surface area contributed by atoms with Crippen LogP contribution in [0.5, 0.6) is 0 Å². The monoisotopic (exact) mass is 349 g/mol. The first-order valence-corrected chi connectivity index (χ1v) is 9.59. The molecule has 5 rings (SSSR count). The molecule has 0 spiro atoms. The maximum absolute atomic E-state index is 13.0. The van der Waals surface area contributed by atoms with E-state index in [0.717, 1.165) is 37.2 Å². The van der Waals surface area contributed by atoms with E-state index >= 15 is 0 Å². The minimum absolute atomic E-state index is 0.0397. The second-order valence-electron chi connectivity index (χ2n) is 8.08. The summed E-state index contributed by atoms with van der Waals surface area (Å²) < 4.78 is 1.60. The van der Waals surface area contributed by atoms with Gasteiger partial charge >= 0.3 is 0 Å². The Kier molecular flexibility index (Phi) is 3.52. The van der Waals surface area contributed by atoms with Gasteiger partial charge in [-0.3, -0.25) is 9.59 Å². The summed E-state index contributed by atoms with van der Waals surface area (Å²) in [5.74, 6) is 1.12. The maximum atomic E-state index is 13.0. The van der Waals surface area contributed by atoms with Crippen molar-refractivity contribution >= 4 is 5.91 Å². The Morgan fingerprint density at radius 3 is 2.46 bits per heavy atom. The molecule has 0 atom stereocenters. The molecule has 1 aromatic heterocycles. The molecule has 134 valence electrons. The van der Waals surface area contributed by atoms with Crippen molar-refractivity contribution in [1.29, 1.82) is 0 Å². The molecule has 1 aliphatic heterocycles. The lowest BCUT2D eigenvalue weighted by atomic mass is 9.90. The highest BCUT2D eigenvalue weighted by molar-refractivity contribution is 5.91. The molecule has 3 fully saturated rings. The molecule has 26 heavy (non-hydrogen) atoms. The minimum atomic E-state index is -0.285. The largest absolute Gasteiger partial charge is 0.341 e. The van der Waals surface area contributed by atoms with E-state index in [2.05, 4.69) is 17.2 Å². The molecule has 3 aliphatic rings. The van der Waals surface area contributed by atoms with Gasteiger partial charge in [0.25, 0.3) is 5.56 Å². The predicted octanol–water partition coefficient (Wildman–Crippen LogP) is 2.31. The van der Waals surface area contributed by atoms with Crippen LogP contribution >= 0.6 is 0 Å². The van der Waals surface area contributed by atoms with Gasteiger partial charge in [0.2, 0.25) is 5.91 Å². The van der Waals surface area contributed by atoms with Gasteiger partial charge in [-0.1, -0.05) is 30.3 Å². The number of carbonyl (C=O) groups excluding carboxylic acids is 1. The Labute approximate surface area is 152 Å². The van der Waals surface area contributed by atoms with E-state index in [1.165, 1.54) is 12.8 Å². The zero-order valence-electron chi connectivity index (χ0n) is 14.8. The van der Waals surface area contributed by atoms with Crippen molar-refractivity contribution in [2.45, 2.75) is 43.6 Å². The topological polar surface area (TPSA) is 55.2 Å². The Morgan fingerprint density at radius 2 is 1.81 bits per heavy atom. The average Bonchev–Trinajstić information content (AvgIpc) is 3.53. The van der Waals surface area contributed by atoms with E-state index < -0.39 is 0 Å². The Balaban J connectivity index is 1.24. The lowest BCUT2D eigenvalue weighted by molar-refractivity contribution is -0.140. The summed E-state index contributed by atoms with van der Waals surface area (Å²) in [5.41, 5.74) is 1.86. The smallest absolute Gasteiger partial charge is 0.266 e. The standard InChI is InChI=1S/C21H23N3O2/c25-19-9-8-18(16-6-7-16)22-24(19)14-15-12-23(13-15)20(26)21(10-11-21)17-4-2-1-3-5-17/h1-5,8-9,15-16H,6-7,10-14H2. The van der Waals surface area contributed by atoms with E-state index in [1.807, 2.05) is 29.2 Å². The number of amides is 1. The van der Waals surface area contributed by atoms with Gasteiger partial charge in [0, 0.05) is 31.0 Å². The maximum Gasteiger partial charge on any atom is 0.266 e. The van der Waals surface area contributed by atoms with Crippen LogP contribution in [0, 0.1) is 5.92 Å². The van der Waals surface area contributed by atoms with Crippen molar-refractivity contribution in [2.75, 3.05) is 13.1 Å².